The molecular formula is C14H11FN2O. The molecule has 0 bridgehead atoms. The van der Waals surface area contributed by atoms with Crippen molar-refractivity contribution in [2.75, 3.05) is 12.4 Å². The molecule has 90 valence electrons. The molecule has 0 unspecified atom stereocenters. The van der Waals surface area contributed by atoms with E-state index in [-0.39, 0.29) is 5.82 Å². The maximum atomic E-state index is 12.8. The van der Waals surface area contributed by atoms with Crippen molar-refractivity contribution in [1.82, 2.24) is 4.98 Å². The van der Waals surface area contributed by atoms with Crippen LogP contribution in [0.25, 0.3) is 22.6 Å². The Morgan fingerprint density at radius 2 is 1.89 bits per heavy atom. The van der Waals surface area contributed by atoms with Crippen molar-refractivity contribution in [3.05, 3.63) is 48.3 Å². The molecular weight excluding hydrogens is 231 g/mol. The number of rotatable bonds is 2. The van der Waals surface area contributed by atoms with Crippen LogP contribution in [0.15, 0.2) is 46.9 Å². The van der Waals surface area contributed by atoms with E-state index in [9.17, 15) is 4.39 Å². The van der Waals surface area contributed by atoms with Crippen molar-refractivity contribution in [2.45, 2.75) is 0 Å². The van der Waals surface area contributed by atoms with Gasteiger partial charge in [0, 0.05) is 24.4 Å². The van der Waals surface area contributed by atoms with Gasteiger partial charge in [-0.3, -0.25) is 0 Å². The van der Waals surface area contributed by atoms with Gasteiger partial charge in [0.2, 0.25) is 5.89 Å². The van der Waals surface area contributed by atoms with Gasteiger partial charge in [0.15, 0.2) is 5.58 Å². The van der Waals surface area contributed by atoms with Gasteiger partial charge in [-0.25, -0.2) is 9.37 Å². The van der Waals surface area contributed by atoms with E-state index in [2.05, 4.69) is 10.3 Å². The second kappa shape index (κ2) is 4.14. The highest BCUT2D eigenvalue weighted by Crippen LogP contribution is 2.26. The lowest BCUT2D eigenvalue weighted by molar-refractivity contribution is 0.616. The number of oxazole rings is 1. The zero-order valence-corrected chi connectivity index (χ0v) is 9.77. The Kier molecular flexibility index (Phi) is 2.48. The molecule has 0 saturated carbocycles. The summed E-state index contributed by atoms with van der Waals surface area (Å²) >= 11 is 0. The molecule has 4 heteroatoms. The fourth-order valence-electron chi connectivity index (χ4n) is 1.80. The van der Waals surface area contributed by atoms with Crippen LogP contribution >= 0.6 is 0 Å². The highest BCUT2D eigenvalue weighted by atomic mass is 19.1. The van der Waals surface area contributed by atoms with Crippen LogP contribution in [0, 0.1) is 5.82 Å². The summed E-state index contributed by atoms with van der Waals surface area (Å²) in [6.45, 7) is 0. The van der Waals surface area contributed by atoms with Crippen LogP contribution in [0.5, 0.6) is 0 Å². The van der Waals surface area contributed by atoms with Gasteiger partial charge < -0.3 is 9.73 Å². The molecule has 1 heterocycles. The quantitative estimate of drug-likeness (QED) is 0.745. The van der Waals surface area contributed by atoms with Gasteiger partial charge in [-0.2, -0.15) is 0 Å². The summed E-state index contributed by atoms with van der Waals surface area (Å²) in [5.41, 5.74) is 3.22. The van der Waals surface area contributed by atoms with Crippen molar-refractivity contribution in [3.8, 4) is 11.5 Å². The van der Waals surface area contributed by atoms with E-state index < -0.39 is 0 Å². The molecule has 0 fully saturated rings. The molecule has 0 atom stereocenters. The molecule has 0 amide bonds. The van der Waals surface area contributed by atoms with Gasteiger partial charge in [0.1, 0.15) is 11.3 Å². The molecule has 18 heavy (non-hydrogen) atoms. The number of hydrogen-bond acceptors (Lipinski definition) is 3. The van der Waals surface area contributed by atoms with Crippen LogP contribution < -0.4 is 5.32 Å². The van der Waals surface area contributed by atoms with E-state index >= 15 is 0 Å². The zero-order chi connectivity index (χ0) is 12.5. The highest BCUT2D eigenvalue weighted by molar-refractivity contribution is 5.79. The predicted octanol–water partition coefficient (Wildman–Crippen LogP) is 3.68. The summed E-state index contributed by atoms with van der Waals surface area (Å²) in [6, 6.07) is 11.8. The molecule has 1 N–H and O–H groups in total. The molecule has 0 aliphatic carbocycles. The number of halogens is 1. The molecule has 0 saturated heterocycles. The van der Waals surface area contributed by atoms with Crippen molar-refractivity contribution in [1.29, 1.82) is 0 Å². The van der Waals surface area contributed by atoms with Crippen LogP contribution in [0.4, 0.5) is 10.1 Å². The first-order valence-electron chi connectivity index (χ1n) is 5.60. The Balaban J connectivity index is 2.10. The number of nitrogens with zero attached hydrogens (tertiary/aromatic N) is 1. The number of benzene rings is 2. The smallest absolute Gasteiger partial charge is 0.227 e. The lowest BCUT2D eigenvalue weighted by atomic mass is 10.2. The number of nitrogens with one attached hydrogen (secondary N) is 1. The number of fused-ring (bicyclic) bond motifs is 1. The third kappa shape index (κ3) is 1.82. The monoisotopic (exact) mass is 242 g/mol. The molecule has 3 rings (SSSR count). The van der Waals surface area contributed by atoms with Crippen molar-refractivity contribution in [2.24, 2.45) is 0 Å². The van der Waals surface area contributed by atoms with Gasteiger partial charge in [0.25, 0.3) is 0 Å². The van der Waals surface area contributed by atoms with Gasteiger partial charge in [-0.15, -0.1) is 0 Å². The molecule has 2 aromatic carbocycles. The average Bonchev–Trinajstić information content (AvgIpc) is 2.82. The molecule has 3 aromatic rings. The summed E-state index contributed by atoms with van der Waals surface area (Å²) in [7, 11) is 1.85. The first-order chi connectivity index (χ1) is 8.76. The predicted molar refractivity (Wildman–Crippen MR) is 68.9 cm³/mol. The van der Waals surface area contributed by atoms with Gasteiger partial charge in [-0.05, 0) is 36.4 Å². The SMILES string of the molecule is CNc1ccc2nc(-c3ccc(F)cc3)oc2c1. The molecule has 0 aliphatic heterocycles. The molecule has 3 nitrogen and oxygen atoms in total. The molecule has 0 spiro atoms. The van der Waals surface area contributed by atoms with E-state index in [0.29, 0.717) is 11.5 Å². The Hall–Kier alpha value is -2.36. The van der Waals surface area contributed by atoms with Crippen LogP contribution in [-0.4, -0.2) is 12.0 Å². The fourth-order valence-corrected chi connectivity index (χ4v) is 1.80. The maximum Gasteiger partial charge on any atom is 0.227 e. The van der Waals surface area contributed by atoms with Crippen LogP contribution in [-0.2, 0) is 0 Å². The fraction of sp³-hybridized carbons (Fsp3) is 0.0714. The minimum absolute atomic E-state index is 0.271. The second-order valence-corrected chi connectivity index (χ2v) is 3.96. The standard InChI is InChI=1S/C14H11FN2O/c1-16-11-6-7-12-13(8-11)18-14(17-12)9-2-4-10(15)5-3-9/h2-8,16H,1H3. The van der Waals surface area contributed by atoms with Gasteiger partial charge in [-0.1, -0.05) is 0 Å². The third-order valence-electron chi connectivity index (χ3n) is 2.77. The van der Waals surface area contributed by atoms with E-state index in [1.54, 1.807) is 12.1 Å². The van der Waals surface area contributed by atoms with E-state index in [4.69, 9.17) is 4.42 Å². The van der Waals surface area contributed by atoms with Crippen molar-refractivity contribution >= 4 is 16.8 Å². The lowest BCUT2D eigenvalue weighted by Crippen LogP contribution is -1.85. The van der Waals surface area contributed by atoms with Crippen LogP contribution in [0.3, 0.4) is 0 Å². The Labute approximate surface area is 103 Å². The molecule has 1 aromatic heterocycles. The average molecular weight is 242 g/mol. The number of anilines is 1. The minimum atomic E-state index is -0.271. The first kappa shape index (κ1) is 10.8. The summed E-state index contributed by atoms with van der Waals surface area (Å²) < 4.78 is 18.5. The van der Waals surface area contributed by atoms with E-state index in [0.717, 1.165) is 16.8 Å². The van der Waals surface area contributed by atoms with E-state index in [1.807, 2.05) is 25.2 Å². The summed E-state index contributed by atoms with van der Waals surface area (Å²) in [5, 5.41) is 3.04. The van der Waals surface area contributed by atoms with E-state index in [1.165, 1.54) is 12.1 Å². The van der Waals surface area contributed by atoms with Gasteiger partial charge >= 0.3 is 0 Å². The normalized spacial score (nSPS) is 10.8. The summed E-state index contributed by atoms with van der Waals surface area (Å²) in [5.74, 6) is 0.227. The first-order valence-corrected chi connectivity index (χ1v) is 5.60. The second-order valence-electron chi connectivity index (χ2n) is 3.96. The van der Waals surface area contributed by atoms with Crippen LogP contribution in [0.2, 0.25) is 0 Å². The zero-order valence-electron chi connectivity index (χ0n) is 9.77. The van der Waals surface area contributed by atoms with Crippen LogP contribution in [0.1, 0.15) is 0 Å². The topological polar surface area (TPSA) is 38.1 Å². The number of hydrogen-bond donors (Lipinski definition) is 1. The largest absolute Gasteiger partial charge is 0.436 e. The Morgan fingerprint density at radius 1 is 1.11 bits per heavy atom. The number of aromatic nitrogens is 1. The molecule has 0 radical (unpaired) electrons. The maximum absolute atomic E-state index is 12.8. The third-order valence-corrected chi connectivity index (χ3v) is 2.77. The Morgan fingerprint density at radius 3 is 2.61 bits per heavy atom. The Bertz CT molecular complexity index is 689. The summed E-state index contributed by atoms with van der Waals surface area (Å²) in [6.07, 6.45) is 0. The highest BCUT2D eigenvalue weighted by Gasteiger charge is 2.08. The van der Waals surface area contributed by atoms with Crippen molar-refractivity contribution in [3.63, 3.8) is 0 Å². The lowest BCUT2D eigenvalue weighted by Gasteiger charge is -1.96. The molecule has 0 aliphatic rings. The summed E-state index contributed by atoms with van der Waals surface area (Å²) in [4.78, 5) is 4.37. The van der Waals surface area contributed by atoms with Crippen molar-refractivity contribution < 1.29 is 8.81 Å². The minimum Gasteiger partial charge on any atom is -0.436 e. The van der Waals surface area contributed by atoms with Gasteiger partial charge in [0.05, 0.1) is 0 Å².